The summed E-state index contributed by atoms with van der Waals surface area (Å²) in [6.07, 6.45) is 6.91. The van der Waals surface area contributed by atoms with Gasteiger partial charge in [-0.05, 0) is 43.2 Å². The summed E-state index contributed by atoms with van der Waals surface area (Å²) in [5, 5.41) is 0.850. The van der Waals surface area contributed by atoms with Crippen molar-refractivity contribution < 1.29 is 4.79 Å². The summed E-state index contributed by atoms with van der Waals surface area (Å²) in [6.45, 7) is 4.07. The number of pyridine rings is 2. The fraction of sp³-hybridized carbons (Fsp3) is 0.174. The molecular formula is C23H21N5O. The SMILES string of the molecule is Cc1ccc2c(C(=O)N(C)C)cc(-c3cnc(-c4cccnc4)nc3)nc2c1C. The van der Waals surface area contributed by atoms with E-state index in [0.717, 1.165) is 33.2 Å². The molecule has 6 heteroatoms. The van der Waals surface area contributed by atoms with Gasteiger partial charge in [-0.1, -0.05) is 12.1 Å². The lowest BCUT2D eigenvalue weighted by Gasteiger charge is -2.15. The molecule has 144 valence electrons. The first-order chi connectivity index (χ1) is 14.0. The van der Waals surface area contributed by atoms with E-state index in [-0.39, 0.29) is 5.91 Å². The number of carbonyl (C=O) groups excluding carboxylic acids is 1. The Hall–Kier alpha value is -3.67. The largest absolute Gasteiger partial charge is 0.345 e. The summed E-state index contributed by atoms with van der Waals surface area (Å²) in [5.74, 6) is 0.536. The van der Waals surface area contributed by atoms with Crippen molar-refractivity contribution >= 4 is 16.8 Å². The molecule has 0 aliphatic heterocycles. The van der Waals surface area contributed by atoms with Crippen molar-refractivity contribution in [3.05, 3.63) is 71.8 Å². The lowest BCUT2D eigenvalue weighted by Crippen LogP contribution is -2.22. The quantitative estimate of drug-likeness (QED) is 0.533. The predicted octanol–water partition coefficient (Wildman–Crippen LogP) is 4.07. The third-order valence-corrected chi connectivity index (χ3v) is 5.01. The standard InChI is InChI=1S/C23H21N5O/c1-14-7-8-18-19(23(29)28(3)4)10-20(27-21(18)15(14)2)17-12-25-22(26-13-17)16-6-5-9-24-11-16/h5-13H,1-4H3. The van der Waals surface area contributed by atoms with Crippen molar-refractivity contribution in [1.82, 2.24) is 24.8 Å². The number of hydrogen-bond acceptors (Lipinski definition) is 5. The van der Waals surface area contributed by atoms with Crippen LogP contribution in [-0.2, 0) is 0 Å². The molecule has 29 heavy (non-hydrogen) atoms. The zero-order valence-corrected chi connectivity index (χ0v) is 16.8. The Morgan fingerprint density at radius 2 is 1.72 bits per heavy atom. The molecule has 0 bridgehead atoms. The van der Waals surface area contributed by atoms with Crippen molar-refractivity contribution in [2.24, 2.45) is 0 Å². The fourth-order valence-electron chi connectivity index (χ4n) is 3.20. The molecule has 1 amide bonds. The summed E-state index contributed by atoms with van der Waals surface area (Å²) >= 11 is 0. The number of hydrogen-bond donors (Lipinski definition) is 0. The smallest absolute Gasteiger partial charge is 0.254 e. The molecule has 0 saturated heterocycles. The van der Waals surface area contributed by atoms with E-state index in [2.05, 4.69) is 15.0 Å². The van der Waals surface area contributed by atoms with Crippen LogP contribution in [0.3, 0.4) is 0 Å². The van der Waals surface area contributed by atoms with E-state index in [1.165, 1.54) is 0 Å². The van der Waals surface area contributed by atoms with Crippen molar-refractivity contribution in [1.29, 1.82) is 0 Å². The highest BCUT2D eigenvalue weighted by Crippen LogP contribution is 2.28. The van der Waals surface area contributed by atoms with E-state index in [1.807, 2.05) is 44.2 Å². The molecule has 0 N–H and O–H groups in total. The molecule has 4 rings (SSSR count). The third-order valence-electron chi connectivity index (χ3n) is 5.01. The average molecular weight is 383 g/mol. The number of fused-ring (bicyclic) bond motifs is 1. The zero-order valence-electron chi connectivity index (χ0n) is 16.8. The van der Waals surface area contributed by atoms with E-state index in [4.69, 9.17) is 4.98 Å². The van der Waals surface area contributed by atoms with Crippen molar-refractivity contribution in [3.8, 4) is 22.6 Å². The van der Waals surface area contributed by atoms with Gasteiger partial charge in [-0.25, -0.2) is 15.0 Å². The van der Waals surface area contributed by atoms with Gasteiger partial charge in [0.2, 0.25) is 0 Å². The van der Waals surface area contributed by atoms with E-state index >= 15 is 0 Å². The minimum Gasteiger partial charge on any atom is -0.345 e. The molecule has 0 aliphatic carbocycles. The minimum atomic E-state index is -0.0604. The number of rotatable bonds is 3. The molecule has 0 spiro atoms. The highest BCUT2D eigenvalue weighted by atomic mass is 16.2. The van der Waals surface area contributed by atoms with Crippen molar-refractivity contribution in [3.63, 3.8) is 0 Å². The second-order valence-corrected chi connectivity index (χ2v) is 7.20. The van der Waals surface area contributed by atoms with Gasteiger partial charge >= 0.3 is 0 Å². The van der Waals surface area contributed by atoms with Crippen molar-refractivity contribution in [2.75, 3.05) is 14.1 Å². The number of benzene rings is 1. The van der Waals surface area contributed by atoms with Crippen LogP contribution in [0.2, 0.25) is 0 Å². The van der Waals surface area contributed by atoms with Crippen LogP contribution in [-0.4, -0.2) is 44.8 Å². The predicted molar refractivity (Wildman–Crippen MR) is 113 cm³/mol. The van der Waals surface area contributed by atoms with Gasteiger partial charge in [0.05, 0.1) is 16.8 Å². The second-order valence-electron chi connectivity index (χ2n) is 7.20. The molecule has 1 aromatic carbocycles. The summed E-state index contributed by atoms with van der Waals surface area (Å²) in [4.78, 5) is 32.3. The second kappa shape index (κ2) is 7.39. The van der Waals surface area contributed by atoms with Gasteiger partial charge in [0, 0.05) is 55.4 Å². The third kappa shape index (κ3) is 3.45. The topological polar surface area (TPSA) is 71.9 Å². The van der Waals surface area contributed by atoms with Gasteiger partial charge in [-0.15, -0.1) is 0 Å². The lowest BCUT2D eigenvalue weighted by molar-refractivity contribution is 0.0829. The Kier molecular flexibility index (Phi) is 4.76. The van der Waals surface area contributed by atoms with Crippen LogP contribution >= 0.6 is 0 Å². The molecule has 3 aromatic heterocycles. The molecule has 4 aromatic rings. The molecule has 0 fully saturated rings. The first kappa shape index (κ1) is 18.7. The Morgan fingerprint density at radius 3 is 2.38 bits per heavy atom. The molecule has 0 aliphatic rings. The van der Waals surface area contributed by atoms with Gasteiger partial charge < -0.3 is 4.90 Å². The maximum atomic E-state index is 12.8. The summed E-state index contributed by atoms with van der Waals surface area (Å²) in [5.41, 5.74) is 5.92. The Balaban J connectivity index is 1.87. The maximum Gasteiger partial charge on any atom is 0.254 e. The number of amides is 1. The highest BCUT2D eigenvalue weighted by molar-refractivity contribution is 6.07. The highest BCUT2D eigenvalue weighted by Gasteiger charge is 2.17. The normalized spacial score (nSPS) is 10.9. The molecule has 6 nitrogen and oxygen atoms in total. The van der Waals surface area contributed by atoms with Gasteiger partial charge in [-0.2, -0.15) is 0 Å². The van der Waals surface area contributed by atoms with Crippen LogP contribution in [0.25, 0.3) is 33.5 Å². The molecule has 0 unspecified atom stereocenters. The van der Waals surface area contributed by atoms with Gasteiger partial charge in [0.1, 0.15) is 0 Å². The van der Waals surface area contributed by atoms with E-state index in [9.17, 15) is 4.79 Å². The van der Waals surface area contributed by atoms with E-state index < -0.39 is 0 Å². The molecule has 0 saturated carbocycles. The number of aromatic nitrogens is 4. The Morgan fingerprint density at radius 1 is 0.966 bits per heavy atom. The summed E-state index contributed by atoms with van der Waals surface area (Å²) in [7, 11) is 3.50. The first-order valence-corrected chi connectivity index (χ1v) is 9.31. The first-order valence-electron chi connectivity index (χ1n) is 9.31. The molecular weight excluding hydrogens is 362 g/mol. The zero-order chi connectivity index (χ0) is 20.5. The monoisotopic (exact) mass is 383 g/mol. The summed E-state index contributed by atoms with van der Waals surface area (Å²) in [6, 6.07) is 9.57. The number of aryl methyl sites for hydroxylation is 2. The molecule has 0 atom stereocenters. The van der Waals surface area contributed by atoms with Crippen molar-refractivity contribution in [2.45, 2.75) is 13.8 Å². The van der Waals surface area contributed by atoms with E-state index in [0.29, 0.717) is 17.1 Å². The number of carbonyl (C=O) groups is 1. The Bertz CT molecular complexity index is 1200. The van der Waals surface area contributed by atoms with E-state index in [1.54, 1.807) is 43.8 Å². The van der Waals surface area contributed by atoms with Crippen LogP contribution in [0, 0.1) is 13.8 Å². The van der Waals surface area contributed by atoms with Crippen LogP contribution in [0.4, 0.5) is 0 Å². The van der Waals surface area contributed by atoms with Gasteiger partial charge in [0.25, 0.3) is 5.91 Å². The maximum absolute atomic E-state index is 12.8. The van der Waals surface area contributed by atoms with Crippen LogP contribution in [0.15, 0.2) is 55.1 Å². The Labute approximate surface area is 169 Å². The van der Waals surface area contributed by atoms with Gasteiger partial charge in [0.15, 0.2) is 5.82 Å². The summed E-state index contributed by atoms with van der Waals surface area (Å²) < 4.78 is 0. The van der Waals surface area contributed by atoms with Gasteiger partial charge in [-0.3, -0.25) is 9.78 Å². The van der Waals surface area contributed by atoms with Crippen LogP contribution < -0.4 is 0 Å². The molecule has 0 radical (unpaired) electrons. The van der Waals surface area contributed by atoms with Crippen LogP contribution in [0.5, 0.6) is 0 Å². The minimum absolute atomic E-state index is 0.0604. The molecule has 3 heterocycles. The van der Waals surface area contributed by atoms with Crippen LogP contribution in [0.1, 0.15) is 21.5 Å². The average Bonchev–Trinajstić information content (AvgIpc) is 2.76. The number of nitrogens with zero attached hydrogens (tertiary/aromatic N) is 5. The lowest BCUT2D eigenvalue weighted by atomic mass is 9.99. The fourth-order valence-corrected chi connectivity index (χ4v) is 3.20.